The third-order valence-corrected chi connectivity index (χ3v) is 2.53. The lowest BCUT2D eigenvalue weighted by molar-refractivity contribution is -0.205. The third-order valence-electron chi connectivity index (χ3n) is 2.53. The Labute approximate surface area is 83.5 Å². The van der Waals surface area contributed by atoms with Crippen molar-refractivity contribution in [2.75, 3.05) is 14.2 Å². The Morgan fingerprint density at radius 3 is 2.57 bits per heavy atom. The van der Waals surface area contributed by atoms with Crippen LogP contribution in [0.4, 0.5) is 0 Å². The molecule has 0 aromatic carbocycles. The molecule has 0 spiro atoms. The molecule has 1 aliphatic rings. The van der Waals surface area contributed by atoms with E-state index in [0.717, 1.165) is 0 Å². The minimum Gasteiger partial charge on any atom is -0.469 e. The van der Waals surface area contributed by atoms with Gasteiger partial charge in [0.15, 0.2) is 6.29 Å². The molecule has 1 heterocycles. The molecular weight excluding hydrogens is 186 g/mol. The average molecular weight is 203 g/mol. The first kappa shape index (κ1) is 11.4. The van der Waals surface area contributed by atoms with Crippen molar-refractivity contribution in [2.24, 2.45) is 11.7 Å². The second-order valence-electron chi connectivity index (χ2n) is 3.45. The Balaban J connectivity index is 2.65. The fourth-order valence-electron chi connectivity index (χ4n) is 1.75. The van der Waals surface area contributed by atoms with Gasteiger partial charge in [0.2, 0.25) is 0 Å². The zero-order chi connectivity index (χ0) is 10.7. The SMILES string of the molecule is COC(=O)[C@H]1[C@@H](N)C[C@H](OC)O[C@@H]1C. The molecule has 1 aliphatic heterocycles. The maximum absolute atomic E-state index is 11.4. The molecule has 82 valence electrons. The zero-order valence-corrected chi connectivity index (χ0v) is 8.73. The van der Waals surface area contributed by atoms with E-state index in [1.807, 2.05) is 0 Å². The first-order valence-corrected chi connectivity index (χ1v) is 4.61. The van der Waals surface area contributed by atoms with Crippen molar-refractivity contribution in [3.8, 4) is 0 Å². The summed E-state index contributed by atoms with van der Waals surface area (Å²) in [5, 5.41) is 0. The normalized spacial score (nSPS) is 38.0. The predicted molar refractivity (Wildman–Crippen MR) is 49.4 cm³/mol. The number of hydrogen-bond donors (Lipinski definition) is 1. The summed E-state index contributed by atoms with van der Waals surface area (Å²) < 4.78 is 15.1. The van der Waals surface area contributed by atoms with Gasteiger partial charge in [-0.2, -0.15) is 0 Å². The monoisotopic (exact) mass is 203 g/mol. The fourth-order valence-corrected chi connectivity index (χ4v) is 1.75. The predicted octanol–water partition coefficient (Wildman–Crippen LogP) is -0.116. The van der Waals surface area contributed by atoms with Crippen molar-refractivity contribution in [2.45, 2.75) is 31.8 Å². The van der Waals surface area contributed by atoms with E-state index < -0.39 is 5.92 Å². The first-order valence-electron chi connectivity index (χ1n) is 4.61. The van der Waals surface area contributed by atoms with Crippen LogP contribution in [0, 0.1) is 5.92 Å². The Hall–Kier alpha value is -0.650. The number of methoxy groups -OCH3 is 2. The Bertz CT molecular complexity index is 197. The van der Waals surface area contributed by atoms with Crippen LogP contribution in [-0.4, -0.2) is 38.6 Å². The second-order valence-corrected chi connectivity index (χ2v) is 3.45. The highest BCUT2D eigenvalue weighted by Gasteiger charge is 2.39. The molecule has 0 aromatic heterocycles. The standard InChI is InChI=1S/C9H17NO4/c1-5-8(9(11)13-3)6(10)4-7(12-2)14-5/h5-8H,4,10H2,1-3H3/t5-,6+,7-,8-/m1/s1. The average Bonchev–Trinajstić information content (AvgIpc) is 2.16. The van der Waals surface area contributed by atoms with Crippen LogP contribution < -0.4 is 5.73 Å². The van der Waals surface area contributed by atoms with Crippen LogP contribution in [-0.2, 0) is 19.0 Å². The molecule has 0 aromatic rings. The van der Waals surface area contributed by atoms with Crippen molar-refractivity contribution >= 4 is 5.97 Å². The Morgan fingerprint density at radius 2 is 2.14 bits per heavy atom. The van der Waals surface area contributed by atoms with E-state index in [2.05, 4.69) is 4.74 Å². The molecule has 0 aliphatic carbocycles. The van der Waals surface area contributed by atoms with Crippen LogP contribution in [0.3, 0.4) is 0 Å². The third kappa shape index (κ3) is 2.23. The molecule has 1 rings (SSSR count). The van der Waals surface area contributed by atoms with Gasteiger partial charge in [0.05, 0.1) is 19.1 Å². The van der Waals surface area contributed by atoms with Crippen LogP contribution in [0.1, 0.15) is 13.3 Å². The smallest absolute Gasteiger partial charge is 0.312 e. The van der Waals surface area contributed by atoms with Crippen molar-refractivity contribution in [1.82, 2.24) is 0 Å². The number of esters is 1. The summed E-state index contributed by atoms with van der Waals surface area (Å²) in [6.07, 6.45) is -0.0716. The highest BCUT2D eigenvalue weighted by Crippen LogP contribution is 2.25. The van der Waals surface area contributed by atoms with Gasteiger partial charge in [0.25, 0.3) is 0 Å². The maximum Gasteiger partial charge on any atom is 0.312 e. The summed E-state index contributed by atoms with van der Waals surface area (Å²) in [4.78, 5) is 11.4. The Morgan fingerprint density at radius 1 is 1.50 bits per heavy atom. The molecule has 0 unspecified atom stereocenters. The van der Waals surface area contributed by atoms with Gasteiger partial charge in [0, 0.05) is 19.6 Å². The van der Waals surface area contributed by atoms with E-state index in [0.29, 0.717) is 6.42 Å². The maximum atomic E-state index is 11.4. The topological polar surface area (TPSA) is 70.8 Å². The minimum atomic E-state index is -0.397. The molecule has 0 bridgehead atoms. The lowest BCUT2D eigenvalue weighted by atomic mass is 9.90. The molecule has 5 heteroatoms. The molecule has 0 amide bonds. The molecule has 2 N–H and O–H groups in total. The van der Waals surface area contributed by atoms with Gasteiger partial charge in [-0.1, -0.05) is 0 Å². The van der Waals surface area contributed by atoms with Crippen molar-refractivity contribution in [3.63, 3.8) is 0 Å². The molecule has 5 nitrogen and oxygen atoms in total. The zero-order valence-electron chi connectivity index (χ0n) is 8.73. The van der Waals surface area contributed by atoms with Crippen molar-refractivity contribution in [3.05, 3.63) is 0 Å². The van der Waals surface area contributed by atoms with Crippen LogP contribution >= 0.6 is 0 Å². The Kier molecular flexibility index (Phi) is 3.86. The van der Waals surface area contributed by atoms with Gasteiger partial charge in [-0.3, -0.25) is 4.79 Å². The minimum absolute atomic E-state index is 0.267. The molecule has 0 saturated carbocycles. The lowest BCUT2D eigenvalue weighted by Crippen LogP contribution is -2.51. The number of carbonyl (C=O) groups excluding carboxylic acids is 1. The second kappa shape index (κ2) is 4.72. The highest BCUT2D eigenvalue weighted by molar-refractivity contribution is 5.73. The van der Waals surface area contributed by atoms with Crippen LogP contribution in [0.15, 0.2) is 0 Å². The van der Waals surface area contributed by atoms with Crippen molar-refractivity contribution in [1.29, 1.82) is 0 Å². The van der Waals surface area contributed by atoms with Crippen LogP contribution in [0.2, 0.25) is 0 Å². The molecule has 1 fully saturated rings. The van der Waals surface area contributed by atoms with Gasteiger partial charge in [-0.05, 0) is 6.92 Å². The summed E-state index contributed by atoms with van der Waals surface area (Å²) in [6.45, 7) is 1.80. The van der Waals surface area contributed by atoms with Gasteiger partial charge < -0.3 is 19.9 Å². The van der Waals surface area contributed by atoms with E-state index in [-0.39, 0.29) is 24.4 Å². The molecule has 0 radical (unpaired) electrons. The van der Waals surface area contributed by atoms with Crippen molar-refractivity contribution < 1.29 is 19.0 Å². The summed E-state index contributed by atoms with van der Waals surface area (Å²) >= 11 is 0. The summed E-state index contributed by atoms with van der Waals surface area (Å²) in [6, 6.07) is -0.267. The number of hydrogen-bond acceptors (Lipinski definition) is 5. The first-order chi connectivity index (χ1) is 6.60. The molecule has 1 saturated heterocycles. The lowest BCUT2D eigenvalue weighted by Gasteiger charge is -2.36. The summed E-state index contributed by atoms with van der Waals surface area (Å²) in [7, 11) is 2.91. The van der Waals surface area contributed by atoms with E-state index in [1.165, 1.54) is 7.11 Å². The number of carbonyl (C=O) groups is 1. The summed E-state index contributed by atoms with van der Waals surface area (Å²) in [5.74, 6) is -0.717. The molecule has 14 heavy (non-hydrogen) atoms. The number of rotatable bonds is 2. The van der Waals surface area contributed by atoms with E-state index >= 15 is 0 Å². The van der Waals surface area contributed by atoms with Gasteiger partial charge >= 0.3 is 5.97 Å². The quantitative estimate of drug-likeness (QED) is 0.634. The van der Waals surface area contributed by atoms with Crippen LogP contribution in [0.25, 0.3) is 0 Å². The van der Waals surface area contributed by atoms with Gasteiger partial charge in [0.1, 0.15) is 0 Å². The van der Waals surface area contributed by atoms with E-state index in [4.69, 9.17) is 15.2 Å². The van der Waals surface area contributed by atoms with Crippen LogP contribution in [0.5, 0.6) is 0 Å². The summed E-state index contributed by atoms with van der Waals surface area (Å²) in [5.41, 5.74) is 5.85. The van der Waals surface area contributed by atoms with E-state index in [9.17, 15) is 4.79 Å². The highest BCUT2D eigenvalue weighted by atomic mass is 16.7. The van der Waals surface area contributed by atoms with E-state index in [1.54, 1.807) is 14.0 Å². The number of ether oxygens (including phenoxy) is 3. The largest absolute Gasteiger partial charge is 0.469 e. The fraction of sp³-hybridized carbons (Fsp3) is 0.889. The molecular formula is C9H17NO4. The number of nitrogens with two attached hydrogens (primary N) is 1. The van der Waals surface area contributed by atoms with Gasteiger partial charge in [-0.25, -0.2) is 0 Å². The molecule has 4 atom stereocenters. The van der Waals surface area contributed by atoms with Gasteiger partial charge in [-0.15, -0.1) is 0 Å².